The Balaban J connectivity index is 0.997. The van der Waals surface area contributed by atoms with Gasteiger partial charge >= 0.3 is 0 Å². The summed E-state index contributed by atoms with van der Waals surface area (Å²) in [5.41, 5.74) is 12.8. The molecule has 1 nitrogen and oxygen atoms in total. The molecular formula is C46H30BN. The van der Waals surface area contributed by atoms with Gasteiger partial charge in [-0.3, -0.25) is 0 Å². The molecular weight excluding hydrogens is 577 g/mol. The zero-order chi connectivity index (χ0) is 31.6. The first-order valence-corrected chi connectivity index (χ1v) is 16.7. The molecule has 9 aromatic rings. The van der Waals surface area contributed by atoms with E-state index in [9.17, 15) is 0 Å². The van der Waals surface area contributed by atoms with Crippen molar-refractivity contribution < 1.29 is 0 Å². The van der Waals surface area contributed by atoms with Gasteiger partial charge in [0, 0.05) is 16.5 Å². The maximum absolute atomic E-state index is 2.43. The van der Waals surface area contributed by atoms with E-state index in [1.165, 1.54) is 87.7 Å². The summed E-state index contributed by atoms with van der Waals surface area (Å²) in [6.07, 6.45) is 4.43. The Labute approximate surface area is 280 Å². The zero-order valence-electron chi connectivity index (χ0n) is 26.3. The normalized spacial score (nSPS) is 12.5. The predicted molar refractivity (Wildman–Crippen MR) is 208 cm³/mol. The van der Waals surface area contributed by atoms with Crippen LogP contribution in [0.15, 0.2) is 170 Å². The third-order valence-electron chi connectivity index (χ3n) is 10.3. The molecule has 0 unspecified atom stereocenters. The average Bonchev–Trinajstić information content (AvgIpc) is 3.68. The summed E-state index contributed by atoms with van der Waals surface area (Å²) >= 11 is 0. The largest absolute Gasteiger partial charge is 0.309 e. The van der Waals surface area contributed by atoms with Crippen molar-refractivity contribution >= 4 is 78.6 Å². The minimum absolute atomic E-state index is 0.278. The van der Waals surface area contributed by atoms with E-state index in [2.05, 4.69) is 187 Å². The predicted octanol–water partition coefficient (Wildman–Crippen LogP) is 9.76. The Hall–Kier alpha value is -6.12. The summed E-state index contributed by atoms with van der Waals surface area (Å²) in [6, 6.07) is 62.3. The van der Waals surface area contributed by atoms with Crippen LogP contribution < -0.4 is 16.4 Å². The maximum atomic E-state index is 2.43. The lowest BCUT2D eigenvalue weighted by atomic mass is 9.39. The van der Waals surface area contributed by atoms with Gasteiger partial charge < -0.3 is 4.57 Å². The molecule has 0 bridgehead atoms. The quantitative estimate of drug-likeness (QED) is 0.139. The number of benzene rings is 8. The lowest BCUT2D eigenvalue weighted by molar-refractivity contribution is 1.18. The number of nitrogens with zero attached hydrogens (tertiary/aromatic N) is 1. The van der Waals surface area contributed by atoms with Gasteiger partial charge in [-0.05, 0) is 68.1 Å². The van der Waals surface area contributed by atoms with Crippen LogP contribution in [0.3, 0.4) is 0 Å². The number of rotatable bonds is 4. The van der Waals surface area contributed by atoms with Gasteiger partial charge in [-0.25, -0.2) is 0 Å². The van der Waals surface area contributed by atoms with Crippen LogP contribution in [0.5, 0.6) is 0 Å². The molecule has 0 fully saturated rings. The molecule has 2 heterocycles. The van der Waals surface area contributed by atoms with E-state index < -0.39 is 0 Å². The van der Waals surface area contributed by atoms with E-state index in [1.54, 1.807) is 0 Å². The van der Waals surface area contributed by atoms with Crippen molar-refractivity contribution in [2.45, 2.75) is 0 Å². The summed E-state index contributed by atoms with van der Waals surface area (Å²) in [6.45, 7) is 0.278. The first-order chi connectivity index (χ1) is 23.8. The van der Waals surface area contributed by atoms with Crippen LogP contribution in [-0.2, 0) is 0 Å². The smallest absolute Gasteiger partial charge is 0.242 e. The molecule has 0 spiro atoms. The lowest BCUT2D eigenvalue weighted by Gasteiger charge is -2.11. The zero-order valence-corrected chi connectivity index (χ0v) is 26.3. The summed E-state index contributed by atoms with van der Waals surface area (Å²) in [4.78, 5) is 0. The third-order valence-corrected chi connectivity index (χ3v) is 10.3. The standard InChI is InChI=1S/C46H30BN/c1-3-11-37-33(9-1)23-29-43-45(37)46-38-12-4-2-10-34(38)24-30-44(46)48(43)36-27-21-32(22-28-36)18-17-31-19-25-35(26-20-31)47-41-15-7-5-13-39(41)40-14-6-8-16-42(40)47/h1-30H/b18-17+. The summed E-state index contributed by atoms with van der Waals surface area (Å²) in [7, 11) is 0. The van der Waals surface area contributed by atoms with E-state index in [0.717, 1.165) is 0 Å². The fraction of sp³-hybridized carbons (Fsp3) is 0. The molecule has 0 aliphatic carbocycles. The SMILES string of the molecule is C(=C\c1ccc(-n2c3ccc4ccccc4c3c3c4ccccc4ccc32)cc1)/c1ccc(B2c3ccccc3-c3ccccc32)cc1. The molecule has 0 atom stereocenters. The second kappa shape index (κ2) is 10.7. The van der Waals surface area contributed by atoms with Crippen molar-refractivity contribution in [3.8, 4) is 16.8 Å². The first-order valence-electron chi connectivity index (χ1n) is 16.7. The van der Waals surface area contributed by atoms with Crippen LogP contribution in [0.2, 0.25) is 0 Å². The molecule has 0 saturated carbocycles. The molecule has 2 heteroatoms. The number of fused-ring (bicyclic) bond motifs is 10. The van der Waals surface area contributed by atoms with Crippen LogP contribution in [-0.4, -0.2) is 11.3 Å². The summed E-state index contributed by atoms with van der Waals surface area (Å²) < 4.78 is 2.43. The van der Waals surface area contributed by atoms with Crippen LogP contribution in [0.25, 0.3) is 72.3 Å². The van der Waals surface area contributed by atoms with Gasteiger partial charge in [-0.2, -0.15) is 0 Å². The van der Waals surface area contributed by atoms with Gasteiger partial charge in [0.1, 0.15) is 0 Å². The molecule has 0 radical (unpaired) electrons. The van der Waals surface area contributed by atoms with Gasteiger partial charge in [-0.1, -0.05) is 174 Å². The van der Waals surface area contributed by atoms with Gasteiger partial charge in [0.2, 0.25) is 6.71 Å². The van der Waals surface area contributed by atoms with E-state index in [4.69, 9.17) is 0 Å². The topological polar surface area (TPSA) is 4.93 Å². The molecule has 1 aliphatic heterocycles. The maximum Gasteiger partial charge on any atom is 0.242 e. The number of hydrogen-bond acceptors (Lipinski definition) is 0. The molecule has 8 aromatic carbocycles. The minimum atomic E-state index is 0.278. The van der Waals surface area contributed by atoms with E-state index in [-0.39, 0.29) is 6.71 Å². The van der Waals surface area contributed by atoms with E-state index in [0.29, 0.717) is 0 Å². The number of hydrogen-bond donors (Lipinski definition) is 0. The fourth-order valence-electron chi connectivity index (χ4n) is 8.07. The van der Waals surface area contributed by atoms with Crippen LogP contribution >= 0.6 is 0 Å². The average molecular weight is 608 g/mol. The molecule has 0 N–H and O–H groups in total. The van der Waals surface area contributed by atoms with E-state index in [1.807, 2.05) is 0 Å². The molecule has 10 rings (SSSR count). The van der Waals surface area contributed by atoms with Crippen molar-refractivity contribution in [3.05, 3.63) is 181 Å². The van der Waals surface area contributed by atoms with Crippen molar-refractivity contribution in [2.24, 2.45) is 0 Å². The molecule has 1 aliphatic rings. The summed E-state index contributed by atoms with van der Waals surface area (Å²) in [5.74, 6) is 0. The molecule has 0 amide bonds. The van der Waals surface area contributed by atoms with Gasteiger partial charge in [0.25, 0.3) is 0 Å². The lowest BCUT2D eigenvalue weighted by Crippen LogP contribution is -2.48. The Kier molecular flexibility index (Phi) is 6.04. The van der Waals surface area contributed by atoms with Crippen LogP contribution in [0, 0.1) is 0 Å². The number of aromatic nitrogens is 1. The van der Waals surface area contributed by atoms with Crippen molar-refractivity contribution in [1.82, 2.24) is 4.57 Å². The highest BCUT2D eigenvalue weighted by atomic mass is 15.0. The van der Waals surface area contributed by atoms with Crippen LogP contribution in [0.4, 0.5) is 0 Å². The Morgan fingerprint density at radius 2 is 0.854 bits per heavy atom. The van der Waals surface area contributed by atoms with Crippen LogP contribution in [0.1, 0.15) is 11.1 Å². The third kappa shape index (κ3) is 4.13. The first kappa shape index (κ1) is 27.0. The van der Waals surface area contributed by atoms with Crippen molar-refractivity contribution in [3.63, 3.8) is 0 Å². The Morgan fingerprint density at radius 1 is 0.396 bits per heavy atom. The molecule has 48 heavy (non-hydrogen) atoms. The second-order valence-electron chi connectivity index (χ2n) is 12.9. The Morgan fingerprint density at radius 3 is 1.40 bits per heavy atom. The molecule has 0 saturated heterocycles. The van der Waals surface area contributed by atoms with Gasteiger partial charge in [0.05, 0.1) is 11.0 Å². The van der Waals surface area contributed by atoms with Crippen molar-refractivity contribution in [2.75, 3.05) is 0 Å². The Bertz CT molecular complexity index is 2570. The highest BCUT2D eigenvalue weighted by molar-refractivity contribution is 6.99. The molecule has 1 aromatic heterocycles. The van der Waals surface area contributed by atoms with Gasteiger partial charge in [0.15, 0.2) is 0 Å². The second-order valence-corrected chi connectivity index (χ2v) is 12.9. The summed E-state index contributed by atoms with van der Waals surface area (Å²) in [5, 5.41) is 7.75. The van der Waals surface area contributed by atoms with Gasteiger partial charge in [-0.15, -0.1) is 0 Å². The molecule has 222 valence electrons. The monoisotopic (exact) mass is 607 g/mol. The highest BCUT2D eigenvalue weighted by Gasteiger charge is 2.32. The highest BCUT2D eigenvalue weighted by Crippen LogP contribution is 2.40. The van der Waals surface area contributed by atoms with Crippen molar-refractivity contribution in [1.29, 1.82) is 0 Å². The fourth-order valence-corrected chi connectivity index (χ4v) is 8.07. The van der Waals surface area contributed by atoms with E-state index >= 15 is 0 Å². The minimum Gasteiger partial charge on any atom is -0.309 e.